The van der Waals surface area contributed by atoms with Crippen molar-refractivity contribution in [1.29, 1.82) is 0 Å². The molecule has 0 spiro atoms. The highest BCUT2D eigenvalue weighted by Gasteiger charge is 1.84. The lowest BCUT2D eigenvalue weighted by molar-refractivity contribution is 0.556. The molecule has 0 aliphatic heterocycles. The summed E-state index contributed by atoms with van der Waals surface area (Å²) in [4.78, 5) is 9.37. The topological polar surface area (TPSA) is 17.1 Å². The largest absolute Gasteiger partial charge is 0.290 e. The molecule has 2 heteroatoms. The van der Waals surface area contributed by atoms with E-state index in [4.69, 9.17) is 0 Å². The molecule has 0 aliphatic carbocycles. The van der Waals surface area contributed by atoms with Crippen molar-refractivity contribution in [3.05, 3.63) is 0 Å². The number of halogens is 1. The molecule has 0 bridgehead atoms. The second-order valence-corrected chi connectivity index (χ2v) is 2.60. The Morgan fingerprint density at radius 1 is 2.00 bits per heavy atom. The Balaban J connectivity index is 2.83. The molecular formula is C3H4IO. The molecular weight excluding hydrogens is 179 g/mol. The summed E-state index contributed by atoms with van der Waals surface area (Å²) >= 11 is 1.98. The molecule has 0 aromatic carbocycles. The standard InChI is InChI=1S/C3H4IO/c1-3(4)2-5/h3H,1H3. The van der Waals surface area contributed by atoms with Gasteiger partial charge in [-0.15, -0.1) is 0 Å². The minimum Gasteiger partial charge on any atom is -0.290 e. The minimum atomic E-state index is 0.0487. The summed E-state index contributed by atoms with van der Waals surface area (Å²) in [5.41, 5.74) is 0. The van der Waals surface area contributed by atoms with Crippen LogP contribution in [0.5, 0.6) is 0 Å². The van der Waals surface area contributed by atoms with Crippen LogP contribution in [0.1, 0.15) is 6.92 Å². The fourth-order valence-electron chi connectivity index (χ4n) is 0. The maximum atomic E-state index is 9.37. The van der Waals surface area contributed by atoms with Crippen molar-refractivity contribution in [2.75, 3.05) is 0 Å². The van der Waals surface area contributed by atoms with Gasteiger partial charge in [-0.3, -0.25) is 4.79 Å². The summed E-state index contributed by atoms with van der Waals surface area (Å²) in [5, 5.41) is 0. The van der Waals surface area contributed by atoms with E-state index in [1.807, 2.05) is 22.6 Å². The second kappa shape index (κ2) is 2.63. The van der Waals surface area contributed by atoms with Crippen LogP contribution < -0.4 is 0 Å². The Morgan fingerprint density at radius 2 is 2.20 bits per heavy atom. The third kappa shape index (κ3) is 4.40. The molecule has 0 N–H and O–H groups in total. The van der Waals surface area contributed by atoms with Crippen molar-refractivity contribution in [3.8, 4) is 0 Å². The first-order chi connectivity index (χ1) is 2.27. The van der Waals surface area contributed by atoms with Crippen LogP contribution in [0.25, 0.3) is 0 Å². The van der Waals surface area contributed by atoms with Crippen LogP contribution in [0, 0.1) is 0 Å². The molecule has 1 radical (unpaired) electrons. The van der Waals surface area contributed by atoms with E-state index < -0.39 is 0 Å². The van der Waals surface area contributed by atoms with E-state index in [1.54, 1.807) is 13.2 Å². The summed E-state index contributed by atoms with van der Waals surface area (Å²) < 4.78 is 0.0487. The van der Waals surface area contributed by atoms with Gasteiger partial charge in [0, 0.05) is 0 Å². The third-order valence-corrected chi connectivity index (χ3v) is 0.417. The van der Waals surface area contributed by atoms with Gasteiger partial charge in [-0.05, 0) is 6.92 Å². The van der Waals surface area contributed by atoms with Crippen LogP contribution in [0.3, 0.4) is 0 Å². The van der Waals surface area contributed by atoms with Gasteiger partial charge in [0.15, 0.2) is 0 Å². The van der Waals surface area contributed by atoms with E-state index in [2.05, 4.69) is 0 Å². The van der Waals surface area contributed by atoms with Gasteiger partial charge in [0.05, 0.1) is 3.92 Å². The van der Waals surface area contributed by atoms with Crippen LogP contribution in [0.15, 0.2) is 0 Å². The molecule has 5 heavy (non-hydrogen) atoms. The van der Waals surface area contributed by atoms with E-state index >= 15 is 0 Å². The van der Waals surface area contributed by atoms with Gasteiger partial charge >= 0.3 is 0 Å². The molecule has 1 unspecified atom stereocenters. The number of hydrogen-bond donors (Lipinski definition) is 0. The molecule has 0 fully saturated rings. The van der Waals surface area contributed by atoms with E-state index in [0.717, 1.165) is 0 Å². The molecule has 0 aromatic rings. The van der Waals surface area contributed by atoms with Gasteiger partial charge in [0.2, 0.25) is 6.29 Å². The van der Waals surface area contributed by atoms with Gasteiger partial charge in [0.1, 0.15) is 0 Å². The van der Waals surface area contributed by atoms with Gasteiger partial charge < -0.3 is 0 Å². The molecule has 1 nitrogen and oxygen atoms in total. The maximum Gasteiger partial charge on any atom is 0.211 e. The monoisotopic (exact) mass is 183 g/mol. The van der Waals surface area contributed by atoms with Crippen LogP contribution in [0.4, 0.5) is 0 Å². The third-order valence-electron chi connectivity index (χ3n) is 0.162. The maximum absolute atomic E-state index is 9.37. The zero-order valence-electron chi connectivity index (χ0n) is 2.86. The van der Waals surface area contributed by atoms with E-state index in [9.17, 15) is 4.79 Å². The lowest BCUT2D eigenvalue weighted by Gasteiger charge is -1.74. The summed E-state index contributed by atoms with van der Waals surface area (Å²) in [6, 6.07) is 0. The zero-order valence-corrected chi connectivity index (χ0v) is 5.02. The van der Waals surface area contributed by atoms with Crippen molar-refractivity contribution in [3.63, 3.8) is 0 Å². The minimum absolute atomic E-state index is 0.0487. The SMILES string of the molecule is CC(I)[C]=O. The molecule has 0 amide bonds. The zero-order chi connectivity index (χ0) is 4.28. The highest BCUT2D eigenvalue weighted by Crippen LogP contribution is 1.89. The Hall–Kier alpha value is 0.400. The molecule has 0 heterocycles. The molecule has 29 valence electrons. The summed E-state index contributed by atoms with van der Waals surface area (Å²) in [6.07, 6.45) is 1.76. The van der Waals surface area contributed by atoms with Crippen molar-refractivity contribution in [2.24, 2.45) is 0 Å². The van der Waals surface area contributed by atoms with Gasteiger partial charge in [-0.2, -0.15) is 0 Å². The van der Waals surface area contributed by atoms with Crippen molar-refractivity contribution in [1.82, 2.24) is 0 Å². The smallest absolute Gasteiger partial charge is 0.211 e. The highest BCUT2D eigenvalue weighted by molar-refractivity contribution is 14.1. The van der Waals surface area contributed by atoms with Gasteiger partial charge in [0.25, 0.3) is 0 Å². The van der Waals surface area contributed by atoms with Gasteiger partial charge in [-0.1, -0.05) is 22.6 Å². The predicted molar refractivity (Wildman–Crippen MR) is 29.2 cm³/mol. The normalized spacial score (nSPS) is 14.0. The van der Waals surface area contributed by atoms with E-state index in [-0.39, 0.29) is 3.92 Å². The molecule has 1 atom stereocenters. The highest BCUT2D eigenvalue weighted by atomic mass is 127. The quantitative estimate of drug-likeness (QED) is 0.436. The molecule has 0 rings (SSSR count). The Kier molecular flexibility index (Phi) is 2.84. The lowest BCUT2D eigenvalue weighted by Crippen LogP contribution is -1.85. The Labute approximate surface area is 44.9 Å². The first kappa shape index (κ1) is 5.40. The molecule has 0 saturated heterocycles. The Bertz CT molecular complexity index is 33.9. The van der Waals surface area contributed by atoms with Crippen molar-refractivity contribution < 1.29 is 4.79 Å². The average Bonchev–Trinajstić information content (AvgIpc) is 1.38. The van der Waals surface area contributed by atoms with Crippen molar-refractivity contribution >= 4 is 28.9 Å². The van der Waals surface area contributed by atoms with Crippen LogP contribution in [-0.4, -0.2) is 10.2 Å². The predicted octanol–water partition coefficient (Wildman–Crippen LogP) is 0.920. The van der Waals surface area contributed by atoms with Crippen LogP contribution in [-0.2, 0) is 4.79 Å². The van der Waals surface area contributed by atoms with Crippen LogP contribution in [0.2, 0.25) is 0 Å². The van der Waals surface area contributed by atoms with Crippen LogP contribution >= 0.6 is 22.6 Å². The lowest BCUT2D eigenvalue weighted by atomic mass is 10.6. The Morgan fingerprint density at radius 3 is 2.20 bits per heavy atom. The van der Waals surface area contributed by atoms with Gasteiger partial charge in [-0.25, -0.2) is 0 Å². The number of alkyl halides is 1. The molecule has 0 aliphatic rings. The molecule has 0 aromatic heterocycles. The first-order valence-corrected chi connectivity index (χ1v) is 2.53. The number of hydrogen-bond acceptors (Lipinski definition) is 1. The number of rotatable bonds is 1. The summed E-state index contributed by atoms with van der Waals surface area (Å²) in [7, 11) is 0. The van der Waals surface area contributed by atoms with Crippen molar-refractivity contribution in [2.45, 2.75) is 10.8 Å². The fourth-order valence-corrected chi connectivity index (χ4v) is 0. The first-order valence-electron chi connectivity index (χ1n) is 1.29. The summed E-state index contributed by atoms with van der Waals surface area (Å²) in [6.45, 7) is 1.79. The second-order valence-electron chi connectivity index (χ2n) is 0.734. The van der Waals surface area contributed by atoms with E-state index in [0.29, 0.717) is 0 Å². The average molecular weight is 183 g/mol. The fraction of sp³-hybridized carbons (Fsp3) is 0.667. The van der Waals surface area contributed by atoms with E-state index in [1.165, 1.54) is 0 Å². The molecule has 0 saturated carbocycles. The number of carbonyl (C=O) groups excluding carboxylic acids is 1. The summed E-state index contributed by atoms with van der Waals surface area (Å²) in [5.74, 6) is 0.